The van der Waals surface area contributed by atoms with Gasteiger partial charge in [0.2, 0.25) is 0 Å². The van der Waals surface area contributed by atoms with Crippen LogP contribution in [0.1, 0.15) is 12.5 Å². The molecule has 0 bridgehead atoms. The molecule has 2 nitrogen and oxygen atoms in total. The zero-order chi connectivity index (χ0) is 9.68. The molecule has 0 saturated heterocycles. The molecule has 1 atom stereocenters. The summed E-state index contributed by atoms with van der Waals surface area (Å²) in [4.78, 5) is 3.80. The number of nitrogens with one attached hydrogen (secondary N) is 1. The molecule has 0 aliphatic heterocycles. The van der Waals surface area contributed by atoms with Crippen molar-refractivity contribution >= 4 is 0 Å². The maximum absolute atomic E-state index is 12.7. The lowest BCUT2D eigenvalue weighted by Crippen LogP contribution is -2.18. The van der Waals surface area contributed by atoms with Gasteiger partial charge in [-0.2, -0.15) is 0 Å². The second-order valence-electron chi connectivity index (χ2n) is 3.38. The number of hydrogen-bond donors (Lipinski definition) is 1. The van der Waals surface area contributed by atoms with Crippen molar-refractivity contribution in [3.8, 4) is 0 Å². The van der Waals surface area contributed by atoms with E-state index in [1.165, 1.54) is 6.20 Å². The van der Waals surface area contributed by atoms with Gasteiger partial charge in [-0.25, -0.2) is 4.39 Å². The van der Waals surface area contributed by atoms with Crippen LogP contribution in [0, 0.1) is 11.7 Å². The molecule has 0 fully saturated rings. The fourth-order valence-electron chi connectivity index (χ4n) is 1.39. The largest absolute Gasteiger partial charge is 0.319 e. The zero-order valence-electron chi connectivity index (χ0n) is 8.05. The van der Waals surface area contributed by atoms with Crippen LogP contribution in [0.3, 0.4) is 0 Å². The first-order chi connectivity index (χ1) is 6.22. The number of aromatic nitrogens is 1. The molecule has 1 unspecified atom stereocenters. The van der Waals surface area contributed by atoms with E-state index in [0.29, 0.717) is 5.92 Å². The molecule has 3 heteroatoms. The molecule has 1 aromatic heterocycles. The summed E-state index contributed by atoms with van der Waals surface area (Å²) in [7, 11) is 1.92. The molecule has 0 spiro atoms. The van der Waals surface area contributed by atoms with Crippen molar-refractivity contribution in [2.45, 2.75) is 13.3 Å². The van der Waals surface area contributed by atoms with E-state index < -0.39 is 0 Å². The van der Waals surface area contributed by atoms with Gasteiger partial charge in [0.15, 0.2) is 0 Å². The molecular weight excluding hydrogens is 167 g/mol. The second kappa shape index (κ2) is 4.92. The first kappa shape index (κ1) is 10.1. The third-order valence-electron chi connectivity index (χ3n) is 1.90. The SMILES string of the molecule is CNCC(C)Cc1cncc(F)c1. The summed E-state index contributed by atoms with van der Waals surface area (Å²) in [5.41, 5.74) is 0.961. The number of halogens is 1. The summed E-state index contributed by atoms with van der Waals surface area (Å²) in [5.74, 6) is 0.253. The standard InChI is InChI=1S/C10H15FN2/c1-8(5-12-2)3-9-4-10(11)7-13-6-9/h4,6-8,12H,3,5H2,1-2H3. The average Bonchev–Trinajstić information content (AvgIpc) is 2.04. The lowest BCUT2D eigenvalue weighted by atomic mass is 10.0. The molecule has 72 valence electrons. The van der Waals surface area contributed by atoms with E-state index in [9.17, 15) is 4.39 Å². The number of pyridine rings is 1. The minimum atomic E-state index is -0.255. The molecule has 0 aliphatic rings. The van der Waals surface area contributed by atoms with Gasteiger partial charge in [0, 0.05) is 6.20 Å². The summed E-state index contributed by atoms with van der Waals surface area (Å²) in [6, 6.07) is 1.54. The minimum Gasteiger partial charge on any atom is -0.319 e. The Bertz CT molecular complexity index is 263. The first-order valence-electron chi connectivity index (χ1n) is 4.46. The predicted molar refractivity (Wildman–Crippen MR) is 51.0 cm³/mol. The van der Waals surface area contributed by atoms with Crippen LogP contribution >= 0.6 is 0 Å². The maximum Gasteiger partial charge on any atom is 0.141 e. The topological polar surface area (TPSA) is 24.9 Å². The van der Waals surface area contributed by atoms with Crippen molar-refractivity contribution in [2.24, 2.45) is 5.92 Å². The Balaban J connectivity index is 2.53. The average molecular weight is 182 g/mol. The third kappa shape index (κ3) is 3.51. The first-order valence-corrected chi connectivity index (χ1v) is 4.46. The summed E-state index contributed by atoms with van der Waals surface area (Å²) in [5, 5.41) is 3.09. The van der Waals surface area contributed by atoms with E-state index in [1.54, 1.807) is 12.3 Å². The summed E-state index contributed by atoms with van der Waals surface area (Å²) < 4.78 is 12.7. The van der Waals surface area contributed by atoms with E-state index in [2.05, 4.69) is 17.2 Å². The maximum atomic E-state index is 12.7. The van der Waals surface area contributed by atoms with Crippen molar-refractivity contribution in [3.05, 3.63) is 29.8 Å². The van der Waals surface area contributed by atoms with Crippen LogP contribution in [-0.4, -0.2) is 18.6 Å². The number of rotatable bonds is 4. The number of nitrogens with zero attached hydrogens (tertiary/aromatic N) is 1. The van der Waals surface area contributed by atoms with E-state index in [4.69, 9.17) is 0 Å². The number of hydrogen-bond acceptors (Lipinski definition) is 2. The Labute approximate surface area is 78.2 Å². The molecule has 13 heavy (non-hydrogen) atoms. The van der Waals surface area contributed by atoms with Gasteiger partial charge in [0.1, 0.15) is 5.82 Å². The van der Waals surface area contributed by atoms with Crippen LogP contribution in [0.4, 0.5) is 4.39 Å². The highest BCUT2D eigenvalue weighted by atomic mass is 19.1. The van der Waals surface area contributed by atoms with Crippen LogP contribution < -0.4 is 5.32 Å². The van der Waals surface area contributed by atoms with E-state index in [0.717, 1.165) is 18.5 Å². The molecule has 0 amide bonds. The zero-order valence-corrected chi connectivity index (χ0v) is 8.05. The Hall–Kier alpha value is -0.960. The molecular formula is C10H15FN2. The minimum absolute atomic E-state index is 0.255. The van der Waals surface area contributed by atoms with Crippen LogP contribution in [0.25, 0.3) is 0 Å². The van der Waals surface area contributed by atoms with Crippen LogP contribution in [0.5, 0.6) is 0 Å². The highest BCUT2D eigenvalue weighted by molar-refractivity contribution is 5.10. The molecule has 1 aromatic rings. The Kier molecular flexibility index (Phi) is 3.83. The van der Waals surface area contributed by atoms with E-state index >= 15 is 0 Å². The molecule has 1 N–H and O–H groups in total. The smallest absolute Gasteiger partial charge is 0.141 e. The molecule has 1 rings (SSSR count). The summed E-state index contributed by atoms with van der Waals surface area (Å²) in [6.45, 7) is 3.07. The van der Waals surface area contributed by atoms with Gasteiger partial charge >= 0.3 is 0 Å². The van der Waals surface area contributed by atoms with Crippen molar-refractivity contribution < 1.29 is 4.39 Å². The molecule has 0 radical (unpaired) electrons. The van der Waals surface area contributed by atoms with Gasteiger partial charge in [-0.3, -0.25) is 4.98 Å². The monoisotopic (exact) mass is 182 g/mol. The van der Waals surface area contributed by atoms with Gasteiger partial charge in [0.05, 0.1) is 6.20 Å². The lowest BCUT2D eigenvalue weighted by Gasteiger charge is -2.09. The lowest BCUT2D eigenvalue weighted by molar-refractivity contribution is 0.537. The van der Waals surface area contributed by atoms with Crippen molar-refractivity contribution in [3.63, 3.8) is 0 Å². The summed E-state index contributed by atoms with van der Waals surface area (Å²) >= 11 is 0. The van der Waals surface area contributed by atoms with E-state index in [-0.39, 0.29) is 5.82 Å². The highest BCUT2D eigenvalue weighted by Crippen LogP contribution is 2.07. The Morgan fingerprint density at radius 1 is 1.54 bits per heavy atom. The van der Waals surface area contributed by atoms with Crippen LogP contribution in [0.15, 0.2) is 18.5 Å². The normalized spacial score (nSPS) is 12.8. The quantitative estimate of drug-likeness (QED) is 0.765. The van der Waals surface area contributed by atoms with E-state index in [1.807, 2.05) is 7.05 Å². The Morgan fingerprint density at radius 3 is 2.92 bits per heavy atom. The molecule has 0 aromatic carbocycles. The fourth-order valence-corrected chi connectivity index (χ4v) is 1.39. The van der Waals surface area contributed by atoms with Crippen LogP contribution in [-0.2, 0) is 6.42 Å². The second-order valence-corrected chi connectivity index (χ2v) is 3.38. The molecule has 0 aliphatic carbocycles. The van der Waals surface area contributed by atoms with Crippen molar-refractivity contribution in [1.29, 1.82) is 0 Å². The van der Waals surface area contributed by atoms with Gasteiger partial charge in [-0.05, 0) is 37.6 Å². The van der Waals surface area contributed by atoms with Gasteiger partial charge < -0.3 is 5.32 Å². The highest BCUT2D eigenvalue weighted by Gasteiger charge is 2.03. The van der Waals surface area contributed by atoms with Gasteiger partial charge in [-0.1, -0.05) is 6.92 Å². The van der Waals surface area contributed by atoms with Gasteiger partial charge in [-0.15, -0.1) is 0 Å². The Morgan fingerprint density at radius 2 is 2.31 bits per heavy atom. The molecule has 0 saturated carbocycles. The predicted octanol–water partition coefficient (Wildman–Crippen LogP) is 1.62. The van der Waals surface area contributed by atoms with Crippen LogP contribution in [0.2, 0.25) is 0 Å². The van der Waals surface area contributed by atoms with Crippen molar-refractivity contribution in [2.75, 3.05) is 13.6 Å². The fraction of sp³-hybridized carbons (Fsp3) is 0.500. The molecule has 1 heterocycles. The van der Waals surface area contributed by atoms with Crippen molar-refractivity contribution in [1.82, 2.24) is 10.3 Å². The third-order valence-corrected chi connectivity index (χ3v) is 1.90. The van der Waals surface area contributed by atoms with Gasteiger partial charge in [0.25, 0.3) is 0 Å². The summed E-state index contributed by atoms with van der Waals surface area (Å²) in [6.07, 6.45) is 3.81.